The van der Waals surface area contributed by atoms with Crippen LogP contribution < -0.4 is 5.32 Å². The average molecular weight is 399 g/mol. The van der Waals surface area contributed by atoms with Crippen LogP contribution in [-0.4, -0.2) is 10.9 Å². The van der Waals surface area contributed by atoms with E-state index in [4.69, 9.17) is 0 Å². The van der Waals surface area contributed by atoms with Crippen LogP contribution in [0.15, 0.2) is 76.7 Å². The highest BCUT2D eigenvalue weighted by molar-refractivity contribution is 9.11. The highest BCUT2D eigenvalue weighted by Crippen LogP contribution is 2.23. The SMILES string of the molecule is O=C(/C=C/c1ccc(Br)s1)NC(c1ccccc1)c1ccccn1. The number of carbonyl (C=O) groups excluding carboxylic acids is 1. The lowest BCUT2D eigenvalue weighted by Crippen LogP contribution is -2.28. The Morgan fingerprint density at radius 2 is 1.88 bits per heavy atom. The lowest BCUT2D eigenvalue weighted by molar-refractivity contribution is -0.116. The Morgan fingerprint density at radius 1 is 1.08 bits per heavy atom. The van der Waals surface area contributed by atoms with Gasteiger partial charge in [-0.2, -0.15) is 0 Å². The molecular formula is C19H15BrN2OS. The Morgan fingerprint density at radius 3 is 2.54 bits per heavy atom. The van der Waals surface area contributed by atoms with Crippen LogP contribution in [0, 0.1) is 0 Å². The average Bonchev–Trinajstić information content (AvgIpc) is 3.05. The van der Waals surface area contributed by atoms with E-state index in [1.807, 2.05) is 66.7 Å². The number of hydrogen-bond acceptors (Lipinski definition) is 3. The van der Waals surface area contributed by atoms with Crippen LogP contribution in [0.25, 0.3) is 6.08 Å². The van der Waals surface area contributed by atoms with Gasteiger partial charge in [-0.3, -0.25) is 9.78 Å². The van der Waals surface area contributed by atoms with E-state index in [1.54, 1.807) is 23.6 Å². The van der Waals surface area contributed by atoms with Crippen molar-refractivity contribution in [3.63, 3.8) is 0 Å². The van der Waals surface area contributed by atoms with E-state index in [0.717, 1.165) is 19.9 Å². The van der Waals surface area contributed by atoms with E-state index in [-0.39, 0.29) is 11.9 Å². The summed E-state index contributed by atoms with van der Waals surface area (Å²) in [5.41, 5.74) is 1.81. The van der Waals surface area contributed by atoms with Gasteiger partial charge in [0.05, 0.1) is 15.5 Å². The molecule has 3 nitrogen and oxygen atoms in total. The van der Waals surface area contributed by atoms with E-state index < -0.39 is 0 Å². The van der Waals surface area contributed by atoms with Gasteiger partial charge in [0.2, 0.25) is 5.91 Å². The van der Waals surface area contributed by atoms with Gasteiger partial charge in [0.15, 0.2) is 0 Å². The predicted molar refractivity (Wildman–Crippen MR) is 102 cm³/mol. The second-order valence-corrected chi connectivity index (χ2v) is 7.58. The molecule has 1 atom stereocenters. The summed E-state index contributed by atoms with van der Waals surface area (Å²) >= 11 is 5.00. The number of aromatic nitrogens is 1. The van der Waals surface area contributed by atoms with Crippen LogP contribution in [0.3, 0.4) is 0 Å². The second-order valence-electron chi connectivity index (χ2n) is 5.08. The standard InChI is InChI=1S/C19H15BrN2OS/c20-17-11-9-15(24-17)10-12-18(23)22-19(14-6-2-1-3-7-14)16-8-4-5-13-21-16/h1-13,19H,(H,22,23)/b12-10+. The molecule has 3 rings (SSSR count). The number of halogens is 1. The molecule has 0 fully saturated rings. The predicted octanol–water partition coefficient (Wildman–Crippen LogP) is 4.82. The molecule has 2 aromatic heterocycles. The van der Waals surface area contributed by atoms with E-state index in [1.165, 1.54) is 0 Å². The molecule has 1 unspecified atom stereocenters. The molecule has 2 heterocycles. The molecule has 3 aromatic rings. The fourth-order valence-electron chi connectivity index (χ4n) is 2.29. The third-order valence-corrected chi connectivity index (χ3v) is 4.98. The van der Waals surface area contributed by atoms with Crippen LogP contribution in [-0.2, 0) is 4.79 Å². The van der Waals surface area contributed by atoms with Crippen molar-refractivity contribution in [1.29, 1.82) is 0 Å². The van der Waals surface area contributed by atoms with Crippen molar-refractivity contribution in [3.8, 4) is 0 Å². The smallest absolute Gasteiger partial charge is 0.244 e. The van der Waals surface area contributed by atoms with Crippen molar-refractivity contribution in [2.75, 3.05) is 0 Å². The Balaban J connectivity index is 1.79. The van der Waals surface area contributed by atoms with Crippen LogP contribution >= 0.6 is 27.3 Å². The minimum absolute atomic E-state index is 0.154. The first-order chi connectivity index (χ1) is 11.7. The van der Waals surface area contributed by atoms with Gasteiger partial charge in [-0.15, -0.1) is 11.3 Å². The summed E-state index contributed by atoms with van der Waals surface area (Å²) in [7, 11) is 0. The molecule has 1 amide bonds. The normalized spacial score (nSPS) is 12.2. The minimum atomic E-state index is -0.278. The first-order valence-electron chi connectivity index (χ1n) is 7.42. The van der Waals surface area contributed by atoms with Crippen LogP contribution in [0.4, 0.5) is 0 Å². The zero-order valence-corrected chi connectivity index (χ0v) is 15.1. The van der Waals surface area contributed by atoms with Crippen LogP contribution in [0.2, 0.25) is 0 Å². The highest BCUT2D eigenvalue weighted by atomic mass is 79.9. The summed E-state index contributed by atoms with van der Waals surface area (Å²) in [6.07, 6.45) is 5.10. The van der Waals surface area contributed by atoms with E-state index in [0.29, 0.717) is 0 Å². The molecule has 0 spiro atoms. The zero-order chi connectivity index (χ0) is 16.8. The zero-order valence-electron chi connectivity index (χ0n) is 12.7. The number of amides is 1. The maximum atomic E-state index is 12.3. The fraction of sp³-hybridized carbons (Fsp3) is 0.0526. The molecule has 0 aliphatic carbocycles. The summed E-state index contributed by atoms with van der Waals surface area (Å²) < 4.78 is 1.04. The van der Waals surface area contributed by atoms with Crippen molar-refractivity contribution >= 4 is 39.2 Å². The summed E-state index contributed by atoms with van der Waals surface area (Å²) in [5.74, 6) is -0.154. The number of nitrogens with one attached hydrogen (secondary N) is 1. The highest BCUT2D eigenvalue weighted by Gasteiger charge is 2.16. The van der Waals surface area contributed by atoms with Gasteiger partial charge in [0.25, 0.3) is 0 Å². The molecule has 0 aliphatic rings. The Hall–Kier alpha value is -2.24. The van der Waals surface area contributed by atoms with Crippen molar-refractivity contribution in [1.82, 2.24) is 10.3 Å². The number of nitrogens with zero attached hydrogens (tertiary/aromatic N) is 1. The molecule has 0 radical (unpaired) electrons. The van der Waals surface area contributed by atoms with Crippen molar-refractivity contribution < 1.29 is 4.79 Å². The third kappa shape index (κ3) is 4.40. The number of pyridine rings is 1. The lowest BCUT2D eigenvalue weighted by Gasteiger charge is -2.17. The summed E-state index contributed by atoms with van der Waals surface area (Å²) in [6.45, 7) is 0. The number of hydrogen-bond donors (Lipinski definition) is 1. The van der Waals surface area contributed by atoms with Crippen molar-refractivity contribution in [3.05, 3.63) is 92.9 Å². The molecule has 0 aliphatic heterocycles. The molecule has 120 valence electrons. The number of carbonyl (C=O) groups is 1. The quantitative estimate of drug-likeness (QED) is 0.625. The maximum absolute atomic E-state index is 12.3. The molecule has 0 saturated carbocycles. The minimum Gasteiger partial charge on any atom is -0.340 e. The molecule has 1 aromatic carbocycles. The molecular weight excluding hydrogens is 384 g/mol. The first kappa shape index (κ1) is 16.6. The number of rotatable bonds is 5. The Bertz CT molecular complexity index is 791. The van der Waals surface area contributed by atoms with Crippen LogP contribution in [0.5, 0.6) is 0 Å². The molecule has 24 heavy (non-hydrogen) atoms. The number of benzene rings is 1. The Labute approximate surface area is 153 Å². The molecule has 0 saturated heterocycles. The van der Waals surface area contributed by atoms with Crippen LogP contribution in [0.1, 0.15) is 22.2 Å². The van der Waals surface area contributed by atoms with Gasteiger partial charge < -0.3 is 5.32 Å². The van der Waals surface area contributed by atoms with Gasteiger partial charge in [0.1, 0.15) is 0 Å². The van der Waals surface area contributed by atoms with Crippen molar-refractivity contribution in [2.45, 2.75) is 6.04 Å². The summed E-state index contributed by atoms with van der Waals surface area (Å²) in [6, 6.07) is 19.2. The van der Waals surface area contributed by atoms with E-state index in [9.17, 15) is 4.79 Å². The monoisotopic (exact) mass is 398 g/mol. The summed E-state index contributed by atoms with van der Waals surface area (Å²) in [4.78, 5) is 17.8. The first-order valence-corrected chi connectivity index (χ1v) is 9.03. The molecule has 5 heteroatoms. The van der Waals surface area contributed by atoms with Gasteiger partial charge >= 0.3 is 0 Å². The third-order valence-electron chi connectivity index (χ3n) is 3.40. The largest absolute Gasteiger partial charge is 0.340 e. The molecule has 1 N–H and O–H groups in total. The van der Waals surface area contributed by atoms with Gasteiger partial charge in [0, 0.05) is 17.2 Å². The topological polar surface area (TPSA) is 42.0 Å². The van der Waals surface area contributed by atoms with Gasteiger partial charge in [-0.1, -0.05) is 36.4 Å². The van der Waals surface area contributed by atoms with E-state index in [2.05, 4.69) is 26.2 Å². The fourth-order valence-corrected chi connectivity index (χ4v) is 3.61. The Kier molecular flexibility index (Phi) is 5.56. The molecule has 0 bridgehead atoms. The van der Waals surface area contributed by atoms with E-state index >= 15 is 0 Å². The maximum Gasteiger partial charge on any atom is 0.244 e. The van der Waals surface area contributed by atoms with Gasteiger partial charge in [-0.05, 0) is 51.8 Å². The van der Waals surface area contributed by atoms with Gasteiger partial charge in [-0.25, -0.2) is 0 Å². The lowest BCUT2D eigenvalue weighted by atomic mass is 10.0. The van der Waals surface area contributed by atoms with Crippen molar-refractivity contribution in [2.24, 2.45) is 0 Å². The number of thiophene rings is 1. The second kappa shape index (κ2) is 8.04. The summed E-state index contributed by atoms with van der Waals surface area (Å²) in [5, 5.41) is 3.03.